The molecule has 1 fully saturated rings. The summed E-state index contributed by atoms with van der Waals surface area (Å²) in [5.74, 6) is 0.139. The van der Waals surface area contributed by atoms with Gasteiger partial charge in [0.25, 0.3) is 5.91 Å². The fraction of sp³-hybridized carbons (Fsp3) is 0.533. The molecule has 1 aromatic carbocycles. The number of hydrogen-bond acceptors (Lipinski definition) is 4. The van der Waals surface area contributed by atoms with Gasteiger partial charge in [-0.25, -0.2) is 0 Å². The molecular formula is C15H22N4O. The van der Waals surface area contributed by atoms with Crippen LogP contribution in [0.15, 0.2) is 18.2 Å². The first-order valence-corrected chi connectivity index (χ1v) is 7.26. The van der Waals surface area contributed by atoms with Crippen LogP contribution in [-0.4, -0.2) is 61.5 Å². The standard InChI is InChI=1S/C15H22N4O/c1-11-10-19(8-7-18(11)2)15(20)12-3-4-13-14(9-12)17-6-5-16-13/h3-4,9,11,16-17H,5-8,10H2,1-2H3. The predicted molar refractivity (Wildman–Crippen MR) is 81.4 cm³/mol. The van der Waals surface area contributed by atoms with Crippen LogP contribution in [0.25, 0.3) is 0 Å². The van der Waals surface area contributed by atoms with Gasteiger partial charge in [0.05, 0.1) is 11.4 Å². The second-order valence-corrected chi connectivity index (χ2v) is 5.69. The van der Waals surface area contributed by atoms with E-state index >= 15 is 0 Å². The van der Waals surface area contributed by atoms with Crippen LogP contribution in [0.2, 0.25) is 0 Å². The molecule has 0 saturated carbocycles. The molecule has 2 N–H and O–H groups in total. The van der Waals surface area contributed by atoms with E-state index in [0.29, 0.717) is 6.04 Å². The highest BCUT2D eigenvalue weighted by molar-refractivity contribution is 5.96. The third kappa shape index (κ3) is 2.45. The van der Waals surface area contributed by atoms with Gasteiger partial charge < -0.3 is 20.4 Å². The Morgan fingerprint density at radius 1 is 1.20 bits per heavy atom. The summed E-state index contributed by atoms with van der Waals surface area (Å²) in [5.41, 5.74) is 2.89. The summed E-state index contributed by atoms with van der Waals surface area (Å²) in [6, 6.07) is 6.30. The highest BCUT2D eigenvalue weighted by Crippen LogP contribution is 2.26. The molecule has 0 radical (unpaired) electrons. The van der Waals surface area contributed by atoms with E-state index in [1.165, 1.54) is 0 Å². The van der Waals surface area contributed by atoms with Crippen molar-refractivity contribution in [1.82, 2.24) is 9.80 Å². The van der Waals surface area contributed by atoms with Gasteiger partial charge in [0.1, 0.15) is 0 Å². The van der Waals surface area contributed by atoms with E-state index in [1.54, 1.807) is 0 Å². The largest absolute Gasteiger partial charge is 0.382 e. The molecule has 0 spiro atoms. The Kier molecular flexibility index (Phi) is 3.53. The molecular weight excluding hydrogens is 252 g/mol. The third-order valence-corrected chi connectivity index (χ3v) is 4.27. The molecule has 5 heteroatoms. The number of hydrogen-bond donors (Lipinski definition) is 2. The number of piperazine rings is 1. The number of rotatable bonds is 1. The minimum Gasteiger partial charge on any atom is -0.382 e. The Hall–Kier alpha value is -1.75. The molecule has 108 valence electrons. The summed E-state index contributed by atoms with van der Waals surface area (Å²) in [7, 11) is 2.11. The molecule has 1 atom stereocenters. The van der Waals surface area contributed by atoms with E-state index in [0.717, 1.165) is 49.7 Å². The summed E-state index contributed by atoms with van der Waals surface area (Å²) in [4.78, 5) is 16.9. The Morgan fingerprint density at radius 2 is 1.95 bits per heavy atom. The zero-order chi connectivity index (χ0) is 14.1. The molecule has 2 heterocycles. The van der Waals surface area contributed by atoms with E-state index in [9.17, 15) is 4.79 Å². The van der Waals surface area contributed by atoms with Crippen LogP contribution in [0.5, 0.6) is 0 Å². The average Bonchev–Trinajstić information content (AvgIpc) is 2.49. The van der Waals surface area contributed by atoms with Gasteiger partial charge in [0.2, 0.25) is 0 Å². The number of nitrogens with one attached hydrogen (secondary N) is 2. The molecule has 20 heavy (non-hydrogen) atoms. The van der Waals surface area contributed by atoms with Gasteiger partial charge >= 0.3 is 0 Å². The highest BCUT2D eigenvalue weighted by atomic mass is 16.2. The van der Waals surface area contributed by atoms with Gasteiger partial charge in [-0.1, -0.05) is 0 Å². The summed E-state index contributed by atoms with van der Waals surface area (Å²) in [6.07, 6.45) is 0. The van der Waals surface area contributed by atoms with Crippen LogP contribution in [0, 0.1) is 0 Å². The van der Waals surface area contributed by atoms with Crippen molar-refractivity contribution >= 4 is 17.3 Å². The van der Waals surface area contributed by atoms with Crippen molar-refractivity contribution in [2.24, 2.45) is 0 Å². The monoisotopic (exact) mass is 274 g/mol. The van der Waals surface area contributed by atoms with Gasteiger partial charge in [-0.05, 0) is 32.2 Å². The lowest BCUT2D eigenvalue weighted by molar-refractivity contribution is 0.0572. The van der Waals surface area contributed by atoms with Crippen LogP contribution in [0.1, 0.15) is 17.3 Å². The fourth-order valence-electron chi connectivity index (χ4n) is 2.79. The lowest BCUT2D eigenvalue weighted by atomic mass is 10.1. The first-order valence-electron chi connectivity index (χ1n) is 7.26. The predicted octanol–water partition coefficient (Wildman–Crippen LogP) is 1.30. The summed E-state index contributed by atoms with van der Waals surface area (Å²) < 4.78 is 0. The molecule has 2 aliphatic heterocycles. The van der Waals surface area contributed by atoms with Crippen molar-refractivity contribution < 1.29 is 4.79 Å². The Balaban J connectivity index is 1.77. The molecule has 2 aliphatic rings. The zero-order valence-electron chi connectivity index (χ0n) is 12.1. The van der Waals surface area contributed by atoms with Crippen LogP contribution >= 0.6 is 0 Å². The topological polar surface area (TPSA) is 47.6 Å². The van der Waals surface area contributed by atoms with Crippen molar-refractivity contribution in [1.29, 1.82) is 0 Å². The first-order chi connectivity index (χ1) is 9.65. The number of fused-ring (bicyclic) bond motifs is 1. The Morgan fingerprint density at radius 3 is 2.70 bits per heavy atom. The Labute approximate surface area is 119 Å². The van der Waals surface area contributed by atoms with E-state index in [-0.39, 0.29) is 5.91 Å². The minimum atomic E-state index is 0.139. The van der Waals surface area contributed by atoms with Crippen molar-refractivity contribution in [3.8, 4) is 0 Å². The molecule has 1 unspecified atom stereocenters. The number of likely N-dealkylation sites (N-methyl/N-ethyl adjacent to an activating group) is 1. The van der Waals surface area contributed by atoms with Crippen molar-refractivity contribution in [3.63, 3.8) is 0 Å². The van der Waals surface area contributed by atoms with Crippen LogP contribution in [-0.2, 0) is 0 Å². The normalized spacial score (nSPS) is 22.7. The van der Waals surface area contributed by atoms with Gasteiger partial charge in [-0.2, -0.15) is 0 Å². The van der Waals surface area contributed by atoms with Crippen molar-refractivity contribution in [2.75, 3.05) is 50.4 Å². The summed E-state index contributed by atoms with van der Waals surface area (Å²) >= 11 is 0. The summed E-state index contributed by atoms with van der Waals surface area (Å²) in [5, 5.41) is 6.66. The number of benzene rings is 1. The maximum Gasteiger partial charge on any atom is 0.254 e. The highest BCUT2D eigenvalue weighted by Gasteiger charge is 2.25. The maximum absolute atomic E-state index is 12.6. The lowest BCUT2D eigenvalue weighted by Gasteiger charge is -2.37. The number of amides is 1. The third-order valence-electron chi connectivity index (χ3n) is 4.27. The molecule has 1 amide bonds. The molecule has 1 aromatic rings. The van der Waals surface area contributed by atoms with Crippen molar-refractivity contribution in [2.45, 2.75) is 13.0 Å². The SMILES string of the molecule is CC1CN(C(=O)c2ccc3c(c2)NCCN3)CCN1C. The number of anilines is 2. The molecule has 5 nitrogen and oxygen atoms in total. The molecule has 0 bridgehead atoms. The van der Waals surface area contributed by atoms with Gasteiger partial charge in [0, 0.05) is 44.3 Å². The average molecular weight is 274 g/mol. The van der Waals surface area contributed by atoms with Crippen molar-refractivity contribution in [3.05, 3.63) is 23.8 Å². The van der Waals surface area contributed by atoms with Crippen LogP contribution < -0.4 is 10.6 Å². The second kappa shape index (κ2) is 5.32. The fourth-order valence-corrected chi connectivity index (χ4v) is 2.79. The quantitative estimate of drug-likeness (QED) is 0.810. The smallest absolute Gasteiger partial charge is 0.254 e. The van der Waals surface area contributed by atoms with E-state index < -0.39 is 0 Å². The number of nitrogens with zero attached hydrogens (tertiary/aromatic N) is 2. The molecule has 3 rings (SSSR count). The van der Waals surface area contributed by atoms with Gasteiger partial charge in [0.15, 0.2) is 0 Å². The zero-order valence-corrected chi connectivity index (χ0v) is 12.1. The van der Waals surface area contributed by atoms with Crippen LogP contribution in [0.4, 0.5) is 11.4 Å². The first kappa shape index (κ1) is 13.2. The molecule has 0 aliphatic carbocycles. The second-order valence-electron chi connectivity index (χ2n) is 5.69. The van der Waals surface area contributed by atoms with Gasteiger partial charge in [-0.3, -0.25) is 4.79 Å². The van der Waals surface area contributed by atoms with E-state index in [2.05, 4.69) is 29.5 Å². The number of carbonyl (C=O) groups is 1. The van der Waals surface area contributed by atoms with E-state index in [4.69, 9.17) is 0 Å². The Bertz CT molecular complexity index is 517. The number of carbonyl (C=O) groups excluding carboxylic acids is 1. The summed E-state index contributed by atoms with van der Waals surface area (Å²) in [6.45, 7) is 6.54. The van der Waals surface area contributed by atoms with Gasteiger partial charge in [-0.15, -0.1) is 0 Å². The molecule has 1 saturated heterocycles. The minimum absolute atomic E-state index is 0.139. The van der Waals surface area contributed by atoms with E-state index in [1.807, 2.05) is 23.1 Å². The lowest BCUT2D eigenvalue weighted by Crippen LogP contribution is -2.52. The maximum atomic E-state index is 12.6. The molecule has 0 aromatic heterocycles. The van der Waals surface area contributed by atoms with Crippen LogP contribution in [0.3, 0.4) is 0 Å².